The van der Waals surface area contributed by atoms with E-state index in [9.17, 15) is 13.6 Å². The number of nitrogens with one attached hydrogen (secondary N) is 2. The van der Waals surface area contributed by atoms with Crippen LogP contribution in [0.3, 0.4) is 0 Å². The second-order valence-electron chi connectivity index (χ2n) is 10.4. The Labute approximate surface area is 235 Å². The van der Waals surface area contributed by atoms with Gasteiger partial charge in [0.25, 0.3) is 5.91 Å². The maximum atomic E-state index is 14.4. The number of likely N-dealkylation sites (tertiary alicyclic amines) is 2. The molecule has 4 aromatic rings. The van der Waals surface area contributed by atoms with Crippen LogP contribution < -0.4 is 15.4 Å². The molecule has 0 saturated carbocycles. The molecule has 2 saturated heterocycles. The number of pyridine rings is 1. The molecule has 0 unspecified atom stereocenters. The summed E-state index contributed by atoms with van der Waals surface area (Å²) in [6, 6.07) is 13.7. The Bertz CT molecular complexity index is 1630. The Kier molecular flexibility index (Phi) is 7.29. The van der Waals surface area contributed by atoms with E-state index in [4.69, 9.17) is 4.74 Å². The van der Waals surface area contributed by atoms with E-state index in [1.165, 1.54) is 12.4 Å². The molecule has 2 aromatic heterocycles. The zero-order valence-electron chi connectivity index (χ0n) is 22.5. The monoisotopic (exact) mass is 557 g/mol. The number of rotatable bonds is 8. The van der Waals surface area contributed by atoms with Crippen LogP contribution >= 0.6 is 0 Å². The number of amides is 1. The lowest BCUT2D eigenvalue weighted by molar-refractivity contribution is -0.114. The Morgan fingerprint density at radius 2 is 1.93 bits per heavy atom. The van der Waals surface area contributed by atoms with E-state index in [1.807, 2.05) is 0 Å². The highest BCUT2D eigenvalue weighted by Gasteiger charge is 2.35. The third kappa shape index (κ3) is 5.72. The number of carbonyl (C=O) groups excluding carboxylic acids is 1. The Hall–Kier alpha value is -4.48. The molecule has 0 spiro atoms. The molecule has 2 aliphatic rings. The van der Waals surface area contributed by atoms with Crippen LogP contribution in [0.15, 0.2) is 73.5 Å². The average molecular weight is 558 g/mol. The molecule has 6 rings (SSSR count). The van der Waals surface area contributed by atoms with E-state index in [1.54, 1.807) is 48.7 Å². The summed E-state index contributed by atoms with van der Waals surface area (Å²) in [4.78, 5) is 30.1. The average Bonchev–Trinajstić information content (AvgIpc) is 3.40. The normalized spacial score (nSPS) is 17.8. The van der Waals surface area contributed by atoms with Crippen LogP contribution in [0.5, 0.6) is 5.75 Å². The first-order chi connectivity index (χ1) is 19.8. The Morgan fingerprint density at radius 3 is 2.71 bits per heavy atom. The highest BCUT2D eigenvalue weighted by atomic mass is 19.1. The van der Waals surface area contributed by atoms with Crippen molar-refractivity contribution in [1.29, 1.82) is 0 Å². The first kappa shape index (κ1) is 26.7. The van der Waals surface area contributed by atoms with Gasteiger partial charge in [-0.1, -0.05) is 18.7 Å². The van der Waals surface area contributed by atoms with Crippen LogP contribution in [-0.2, 0) is 4.79 Å². The van der Waals surface area contributed by atoms with Gasteiger partial charge >= 0.3 is 0 Å². The van der Waals surface area contributed by atoms with Crippen molar-refractivity contribution < 1.29 is 18.3 Å². The summed E-state index contributed by atoms with van der Waals surface area (Å²) in [5, 5.41) is 6.37. The summed E-state index contributed by atoms with van der Waals surface area (Å²) >= 11 is 0. The molecule has 2 N–H and O–H groups in total. The number of aromatic nitrogens is 3. The molecular weight excluding hydrogens is 528 g/mol. The fourth-order valence-electron chi connectivity index (χ4n) is 5.29. The van der Waals surface area contributed by atoms with Crippen LogP contribution in [-0.4, -0.2) is 76.0 Å². The number of nitrogens with zero attached hydrogens (tertiary/aromatic N) is 5. The van der Waals surface area contributed by atoms with Crippen molar-refractivity contribution in [3.8, 4) is 17.0 Å². The minimum Gasteiger partial charge on any atom is -0.487 e. The molecule has 1 amide bonds. The van der Waals surface area contributed by atoms with Gasteiger partial charge in [-0.15, -0.1) is 0 Å². The van der Waals surface area contributed by atoms with Gasteiger partial charge in [-0.2, -0.15) is 0 Å². The fourth-order valence-corrected chi connectivity index (χ4v) is 5.29. The van der Waals surface area contributed by atoms with Crippen LogP contribution in [0.1, 0.15) is 6.42 Å². The minimum atomic E-state index is -1.11. The van der Waals surface area contributed by atoms with Crippen LogP contribution in [0.2, 0.25) is 0 Å². The van der Waals surface area contributed by atoms with Gasteiger partial charge in [0, 0.05) is 61.1 Å². The Morgan fingerprint density at radius 1 is 1.10 bits per heavy atom. The van der Waals surface area contributed by atoms with Gasteiger partial charge in [0.1, 0.15) is 29.8 Å². The van der Waals surface area contributed by atoms with Crippen LogP contribution in [0, 0.1) is 5.82 Å². The lowest BCUT2D eigenvalue weighted by Gasteiger charge is -2.41. The summed E-state index contributed by atoms with van der Waals surface area (Å²) in [5.74, 6) is -1.63. The second kappa shape index (κ2) is 11.2. The lowest BCUT2D eigenvalue weighted by Crippen LogP contribution is -2.57. The molecule has 0 aliphatic carbocycles. The number of likely N-dealkylation sites (N-methyl/N-ethyl adjacent to an activating group) is 1. The van der Waals surface area contributed by atoms with Crippen molar-refractivity contribution in [3.63, 3.8) is 0 Å². The van der Waals surface area contributed by atoms with E-state index in [-0.39, 0.29) is 17.6 Å². The molecule has 9 nitrogen and oxygen atoms in total. The third-order valence-electron chi connectivity index (χ3n) is 7.44. The highest BCUT2D eigenvalue weighted by molar-refractivity contribution is 6.05. The molecule has 2 fully saturated rings. The van der Waals surface area contributed by atoms with Gasteiger partial charge in [0.05, 0.1) is 16.9 Å². The third-order valence-corrected chi connectivity index (χ3v) is 7.44. The quantitative estimate of drug-likeness (QED) is 0.300. The van der Waals surface area contributed by atoms with Gasteiger partial charge < -0.3 is 20.3 Å². The van der Waals surface area contributed by atoms with Crippen molar-refractivity contribution in [2.24, 2.45) is 0 Å². The van der Waals surface area contributed by atoms with Gasteiger partial charge in [-0.3, -0.25) is 14.7 Å². The number of halogens is 2. The van der Waals surface area contributed by atoms with Crippen molar-refractivity contribution in [2.75, 3.05) is 43.9 Å². The number of fused-ring (bicyclic) bond motifs is 1. The topological polar surface area (TPSA) is 95.5 Å². The molecule has 2 aromatic carbocycles. The molecule has 1 atom stereocenters. The molecule has 2 aliphatic heterocycles. The number of anilines is 3. The summed E-state index contributed by atoms with van der Waals surface area (Å²) < 4.78 is 34.4. The SMILES string of the molecule is C=C(F)C(=O)Nc1cc2c(Nc3ccnc(-c4ccccc4F)c3)ncnc2cc1O[C@@H]1CCN(C2CN(C)C2)C1. The molecule has 210 valence electrons. The molecule has 11 heteroatoms. The van der Waals surface area contributed by atoms with Crippen molar-refractivity contribution in [1.82, 2.24) is 24.8 Å². The first-order valence-electron chi connectivity index (χ1n) is 13.4. The number of hydrogen-bond donors (Lipinski definition) is 2. The molecule has 0 radical (unpaired) electrons. The Balaban J connectivity index is 1.30. The molecule has 4 heterocycles. The van der Waals surface area contributed by atoms with Gasteiger partial charge in [0.2, 0.25) is 0 Å². The van der Waals surface area contributed by atoms with Gasteiger partial charge in [-0.05, 0) is 43.8 Å². The first-order valence-corrected chi connectivity index (χ1v) is 13.4. The number of ether oxygens (including phenoxy) is 1. The lowest BCUT2D eigenvalue weighted by atomic mass is 10.1. The number of hydrogen-bond acceptors (Lipinski definition) is 8. The van der Waals surface area contributed by atoms with E-state index < -0.39 is 11.7 Å². The van der Waals surface area contributed by atoms with E-state index >= 15 is 0 Å². The van der Waals surface area contributed by atoms with Crippen LogP contribution in [0.4, 0.5) is 26.0 Å². The largest absolute Gasteiger partial charge is 0.487 e. The van der Waals surface area contributed by atoms with Crippen molar-refractivity contribution in [3.05, 3.63) is 79.3 Å². The van der Waals surface area contributed by atoms with Crippen molar-refractivity contribution >= 4 is 34.0 Å². The summed E-state index contributed by atoms with van der Waals surface area (Å²) in [7, 11) is 2.10. The van der Waals surface area contributed by atoms with E-state index in [0.717, 1.165) is 32.6 Å². The van der Waals surface area contributed by atoms with Crippen LogP contribution in [0.25, 0.3) is 22.2 Å². The minimum absolute atomic E-state index is 0.0874. The fraction of sp³-hybridized carbons (Fsp3) is 0.267. The number of carbonyl (C=O) groups is 1. The summed E-state index contributed by atoms with van der Waals surface area (Å²) in [6.07, 6.45) is 3.74. The zero-order valence-corrected chi connectivity index (χ0v) is 22.5. The summed E-state index contributed by atoms with van der Waals surface area (Å²) in [6.45, 7) is 6.88. The summed E-state index contributed by atoms with van der Waals surface area (Å²) in [5.41, 5.74) is 2.29. The van der Waals surface area contributed by atoms with Crippen molar-refractivity contribution in [2.45, 2.75) is 18.6 Å². The molecule has 0 bridgehead atoms. The highest BCUT2D eigenvalue weighted by Crippen LogP contribution is 2.36. The number of benzene rings is 2. The predicted octanol–water partition coefficient (Wildman–Crippen LogP) is 4.76. The maximum absolute atomic E-state index is 14.4. The predicted molar refractivity (Wildman–Crippen MR) is 153 cm³/mol. The standard InChI is InChI=1S/C30H29F2N7O2/c1-18(31)30(40)37-27-12-23-26(13-28(27)41-21-8-10-39(16-21)20-14-38(2)15-20)34-17-35-29(23)36-19-7-9-33-25(11-19)22-5-3-4-6-24(22)32/h3-7,9,11-13,17,20-21H,1,8,10,14-16H2,2H3,(H,37,40)(H,33,34,35,36)/t21-/m1/s1. The zero-order chi connectivity index (χ0) is 28.5. The molecular formula is C30H29F2N7O2. The van der Waals surface area contributed by atoms with Gasteiger partial charge in [0.15, 0.2) is 5.83 Å². The smallest absolute Gasteiger partial charge is 0.283 e. The molecule has 41 heavy (non-hydrogen) atoms. The maximum Gasteiger partial charge on any atom is 0.283 e. The second-order valence-corrected chi connectivity index (χ2v) is 10.4. The van der Waals surface area contributed by atoms with Gasteiger partial charge in [-0.25, -0.2) is 18.7 Å². The van der Waals surface area contributed by atoms with E-state index in [2.05, 4.69) is 49.0 Å². The van der Waals surface area contributed by atoms with E-state index in [0.29, 0.717) is 45.5 Å².